The zero-order valence-corrected chi connectivity index (χ0v) is 27.1. The first kappa shape index (κ1) is 34.5. The summed E-state index contributed by atoms with van der Waals surface area (Å²) in [6.07, 6.45) is 3.07. The van der Waals surface area contributed by atoms with Crippen LogP contribution in [0.25, 0.3) is 21.9 Å². The molecule has 48 heavy (non-hydrogen) atoms. The molecule has 0 spiro atoms. The number of carbonyl (C=O) groups is 4. The molecule has 5 N–H and O–H groups in total. The largest absolute Gasteiger partial charge is 0.524 e. The van der Waals surface area contributed by atoms with Crippen LogP contribution in [0.2, 0.25) is 0 Å². The Balaban J connectivity index is 1.37. The van der Waals surface area contributed by atoms with Crippen LogP contribution in [-0.2, 0) is 48.0 Å². The number of phenols is 1. The number of nitrogen functional groups attached to an aromatic ring is 1. The highest BCUT2D eigenvalue weighted by atomic mass is 31.2. The first-order valence-corrected chi connectivity index (χ1v) is 17.1. The number of nitrogens with two attached hydrogens (primary N) is 1. The zero-order chi connectivity index (χ0) is 34.6. The summed E-state index contributed by atoms with van der Waals surface area (Å²) in [5.74, 6) is -1.30. The third-order valence-corrected chi connectivity index (χ3v) is 8.35. The number of Topliss-reactive ketones (excluding diaryl/α,β-unsaturated/α-hetero) is 1. The Morgan fingerprint density at radius 2 is 1.73 bits per heavy atom. The second-order valence-electron chi connectivity index (χ2n) is 11.6. The van der Waals surface area contributed by atoms with Gasteiger partial charge in [-0.15, -0.1) is 5.06 Å². The van der Waals surface area contributed by atoms with Crippen molar-refractivity contribution in [3.05, 3.63) is 53.3 Å². The molecule has 2 aromatic heterocycles. The molecule has 0 saturated carbocycles. The van der Waals surface area contributed by atoms with Gasteiger partial charge < -0.3 is 24.8 Å². The first-order chi connectivity index (χ1) is 22.8. The van der Waals surface area contributed by atoms with Gasteiger partial charge in [0.2, 0.25) is 0 Å². The van der Waals surface area contributed by atoms with E-state index in [1.165, 1.54) is 18.2 Å². The van der Waals surface area contributed by atoms with Crippen molar-refractivity contribution in [2.24, 2.45) is 0 Å². The standard InChI is InChI=1S/C32H36N5O10P/c1-2-3-6-26-35-30-31(36(26)18-20-17-22(39)11-13-25(20)47-48(43,44)45)23-16-19(9-12-24(23)34-32(30)33)8-10-21(38)5-4-7-29(42)46-37-27(40)14-15-28(37)41/h9,11-13,16-17,39H,2-8,10,14-15,18H2,1H3,(H2,33,34)(H2,43,44,45). The van der Waals surface area contributed by atoms with Crippen molar-refractivity contribution in [2.45, 2.75) is 77.7 Å². The minimum absolute atomic E-state index is 0.00353. The molecule has 0 unspecified atom stereocenters. The lowest BCUT2D eigenvalue weighted by Gasteiger charge is -2.16. The van der Waals surface area contributed by atoms with E-state index in [4.69, 9.17) is 20.1 Å². The number of amides is 2. The predicted molar refractivity (Wildman–Crippen MR) is 172 cm³/mol. The summed E-state index contributed by atoms with van der Waals surface area (Å²) in [6.45, 7) is 2.08. The van der Waals surface area contributed by atoms with E-state index in [1.54, 1.807) is 6.07 Å². The molecule has 254 valence electrons. The van der Waals surface area contributed by atoms with Gasteiger partial charge in [-0.3, -0.25) is 24.2 Å². The summed E-state index contributed by atoms with van der Waals surface area (Å²) in [4.78, 5) is 81.1. The molecular formula is C32H36N5O10P. The summed E-state index contributed by atoms with van der Waals surface area (Å²) >= 11 is 0. The number of phosphoric acid groups is 1. The molecule has 4 aromatic rings. The fraction of sp³-hybridized carbons (Fsp3) is 0.375. The molecule has 1 saturated heterocycles. The normalized spacial score (nSPS) is 13.5. The number of imide groups is 1. The molecule has 0 aliphatic carbocycles. The van der Waals surface area contributed by atoms with Crippen LogP contribution in [0, 0.1) is 0 Å². The number of benzene rings is 2. The van der Waals surface area contributed by atoms with Gasteiger partial charge in [-0.1, -0.05) is 19.4 Å². The summed E-state index contributed by atoms with van der Waals surface area (Å²) in [7, 11) is -4.90. The average molecular weight is 682 g/mol. The number of aromatic nitrogens is 3. The Labute approximate surface area is 274 Å². The molecule has 5 rings (SSSR count). The Hall–Kier alpha value is -4.85. The number of nitrogens with zero attached hydrogens (tertiary/aromatic N) is 4. The lowest BCUT2D eigenvalue weighted by Crippen LogP contribution is -2.32. The fourth-order valence-electron chi connectivity index (χ4n) is 5.58. The van der Waals surface area contributed by atoms with Crippen LogP contribution < -0.4 is 10.3 Å². The molecule has 1 aliphatic heterocycles. The van der Waals surface area contributed by atoms with Gasteiger partial charge in [0, 0.05) is 49.5 Å². The van der Waals surface area contributed by atoms with E-state index in [0.717, 1.165) is 18.4 Å². The van der Waals surface area contributed by atoms with Crippen LogP contribution in [0.4, 0.5) is 5.82 Å². The number of unbranched alkanes of at least 4 members (excludes halogenated alkanes) is 1. The number of imidazole rings is 1. The number of phenolic OH excluding ortho intramolecular Hbond substituents is 1. The van der Waals surface area contributed by atoms with Gasteiger partial charge in [0.1, 0.15) is 28.6 Å². The predicted octanol–water partition coefficient (Wildman–Crippen LogP) is 4.01. The van der Waals surface area contributed by atoms with E-state index in [0.29, 0.717) is 51.2 Å². The second kappa shape index (κ2) is 14.5. The van der Waals surface area contributed by atoms with Crippen molar-refractivity contribution < 1.29 is 48.0 Å². The third kappa shape index (κ3) is 8.16. The van der Waals surface area contributed by atoms with Gasteiger partial charge in [-0.05, 0) is 55.2 Å². The highest BCUT2D eigenvalue weighted by Gasteiger charge is 2.32. The van der Waals surface area contributed by atoms with E-state index in [9.17, 15) is 38.6 Å². The van der Waals surface area contributed by atoms with E-state index < -0.39 is 25.6 Å². The molecule has 0 bridgehead atoms. The summed E-state index contributed by atoms with van der Waals surface area (Å²) in [6, 6.07) is 9.46. The van der Waals surface area contributed by atoms with Crippen LogP contribution in [0.1, 0.15) is 75.2 Å². The number of ketones is 1. The highest BCUT2D eigenvalue weighted by molar-refractivity contribution is 7.46. The van der Waals surface area contributed by atoms with Gasteiger partial charge in [0.25, 0.3) is 11.8 Å². The molecule has 1 fully saturated rings. The lowest BCUT2D eigenvalue weighted by atomic mass is 10.0. The number of hydrogen-bond acceptors (Lipinski definition) is 11. The highest BCUT2D eigenvalue weighted by Crippen LogP contribution is 2.41. The Kier molecular flexibility index (Phi) is 10.4. The Morgan fingerprint density at radius 1 is 0.979 bits per heavy atom. The van der Waals surface area contributed by atoms with Crippen molar-refractivity contribution in [1.82, 2.24) is 19.6 Å². The van der Waals surface area contributed by atoms with E-state index in [2.05, 4.69) is 4.98 Å². The maximum atomic E-state index is 12.7. The number of carbonyl (C=O) groups excluding carboxylic acids is 4. The van der Waals surface area contributed by atoms with E-state index >= 15 is 0 Å². The number of hydroxylamine groups is 2. The number of phosphoric ester groups is 1. The quantitative estimate of drug-likeness (QED) is 0.103. The number of aryl methyl sites for hydroxylation is 2. The Morgan fingerprint density at radius 3 is 2.44 bits per heavy atom. The van der Waals surface area contributed by atoms with Gasteiger partial charge in [0.05, 0.1) is 17.6 Å². The smallest absolute Gasteiger partial charge is 0.508 e. The maximum Gasteiger partial charge on any atom is 0.524 e. The first-order valence-electron chi connectivity index (χ1n) is 15.6. The minimum atomic E-state index is -4.90. The topological polar surface area (TPSA) is 224 Å². The molecule has 2 aromatic carbocycles. The zero-order valence-electron chi connectivity index (χ0n) is 26.3. The van der Waals surface area contributed by atoms with Gasteiger partial charge in [-0.2, -0.15) is 0 Å². The van der Waals surface area contributed by atoms with Crippen LogP contribution in [-0.4, -0.2) is 58.1 Å². The second-order valence-corrected chi connectivity index (χ2v) is 12.7. The molecule has 0 atom stereocenters. The van der Waals surface area contributed by atoms with Crippen molar-refractivity contribution in [1.29, 1.82) is 0 Å². The number of hydrogen-bond donors (Lipinski definition) is 4. The Bertz CT molecular complexity index is 1940. The van der Waals surface area contributed by atoms with Crippen LogP contribution in [0.15, 0.2) is 36.4 Å². The van der Waals surface area contributed by atoms with Crippen LogP contribution in [0.3, 0.4) is 0 Å². The fourth-order valence-corrected chi connectivity index (χ4v) is 6.01. The number of aromatic hydroxyl groups is 1. The van der Waals surface area contributed by atoms with Crippen molar-refractivity contribution >= 4 is 59.1 Å². The van der Waals surface area contributed by atoms with Gasteiger partial charge in [-0.25, -0.2) is 19.3 Å². The number of fused-ring (bicyclic) bond motifs is 3. The summed E-state index contributed by atoms with van der Waals surface area (Å²) in [5, 5.41) is 11.4. The SMILES string of the molecule is CCCCc1nc2c(N)nc3ccc(CCC(=O)CCCC(=O)ON4C(=O)CCC4=O)cc3c2n1Cc1cc(O)ccc1OP(=O)(O)O. The molecule has 0 radical (unpaired) electrons. The molecule has 3 heterocycles. The van der Waals surface area contributed by atoms with Crippen LogP contribution in [0.5, 0.6) is 11.5 Å². The van der Waals surface area contributed by atoms with Gasteiger partial charge >= 0.3 is 13.8 Å². The number of pyridine rings is 1. The summed E-state index contributed by atoms with van der Waals surface area (Å²) in [5.41, 5.74) is 9.16. The van der Waals surface area contributed by atoms with E-state index in [-0.39, 0.29) is 68.2 Å². The average Bonchev–Trinajstić information content (AvgIpc) is 3.55. The molecule has 1 aliphatic rings. The van der Waals surface area contributed by atoms with Crippen molar-refractivity contribution in [3.8, 4) is 11.5 Å². The molecule has 16 heteroatoms. The van der Waals surface area contributed by atoms with Gasteiger partial charge in [0.15, 0.2) is 5.82 Å². The molecule has 2 amide bonds. The van der Waals surface area contributed by atoms with Crippen molar-refractivity contribution in [3.63, 3.8) is 0 Å². The lowest BCUT2D eigenvalue weighted by molar-refractivity contribution is -0.197. The molecule has 15 nitrogen and oxygen atoms in total. The van der Waals surface area contributed by atoms with E-state index in [1.807, 2.05) is 23.6 Å². The van der Waals surface area contributed by atoms with Crippen molar-refractivity contribution in [2.75, 3.05) is 5.73 Å². The monoisotopic (exact) mass is 681 g/mol. The number of anilines is 1. The third-order valence-electron chi connectivity index (χ3n) is 7.92. The summed E-state index contributed by atoms with van der Waals surface area (Å²) < 4.78 is 18.5. The maximum absolute atomic E-state index is 12.7. The minimum Gasteiger partial charge on any atom is -0.508 e. The molecular weight excluding hydrogens is 645 g/mol. The van der Waals surface area contributed by atoms with Crippen LogP contribution >= 0.6 is 7.82 Å². The number of rotatable bonds is 15.